The molecule has 0 aliphatic carbocycles. The number of nitrogens with zero attached hydrogens (tertiary/aromatic N) is 3. The Balaban J connectivity index is 2.18. The highest BCUT2D eigenvalue weighted by atomic mass is 15.1. The second-order valence-electron chi connectivity index (χ2n) is 6.38. The highest BCUT2D eigenvalue weighted by Crippen LogP contribution is 2.28. The normalized spacial score (nSPS) is 12.0. The van der Waals surface area contributed by atoms with Gasteiger partial charge < -0.3 is 10.3 Å². The molecule has 108 valence electrons. The minimum absolute atomic E-state index is 0.0318. The fourth-order valence-corrected chi connectivity index (χ4v) is 2.55. The first-order valence-electron chi connectivity index (χ1n) is 7.10. The Morgan fingerprint density at radius 2 is 2.00 bits per heavy atom. The van der Waals surface area contributed by atoms with Crippen molar-refractivity contribution in [2.75, 3.05) is 5.73 Å². The van der Waals surface area contributed by atoms with Gasteiger partial charge in [0.1, 0.15) is 5.82 Å². The van der Waals surface area contributed by atoms with E-state index in [0.717, 1.165) is 29.1 Å². The lowest BCUT2D eigenvalue weighted by Gasteiger charge is -2.20. The Morgan fingerprint density at radius 1 is 1.19 bits per heavy atom. The van der Waals surface area contributed by atoms with Gasteiger partial charge in [-0.25, -0.2) is 4.98 Å². The number of hydrogen-bond acceptors (Lipinski definition) is 3. The van der Waals surface area contributed by atoms with Crippen LogP contribution in [-0.4, -0.2) is 14.5 Å². The average molecular weight is 280 g/mol. The van der Waals surface area contributed by atoms with Crippen LogP contribution in [0.4, 0.5) is 5.69 Å². The summed E-state index contributed by atoms with van der Waals surface area (Å²) in [5, 5.41) is 0. The molecule has 0 radical (unpaired) electrons. The molecule has 3 aromatic rings. The lowest BCUT2D eigenvalue weighted by atomic mass is 9.95. The van der Waals surface area contributed by atoms with Crippen LogP contribution in [-0.2, 0) is 12.0 Å². The van der Waals surface area contributed by atoms with Crippen LogP contribution in [0.1, 0.15) is 32.2 Å². The second kappa shape index (κ2) is 4.88. The third kappa shape index (κ3) is 2.61. The van der Waals surface area contributed by atoms with E-state index in [4.69, 9.17) is 10.7 Å². The van der Waals surface area contributed by atoms with E-state index in [1.54, 1.807) is 6.20 Å². The van der Waals surface area contributed by atoms with Crippen molar-refractivity contribution in [3.8, 4) is 0 Å². The number of anilines is 1. The zero-order valence-electron chi connectivity index (χ0n) is 12.7. The molecule has 0 saturated carbocycles. The predicted molar refractivity (Wildman–Crippen MR) is 86.2 cm³/mol. The summed E-state index contributed by atoms with van der Waals surface area (Å²) in [6, 6.07) is 9.95. The number of nitrogens with two attached hydrogens (primary N) is 1. The summed E-state index contributed by atoms with van der Waals surface area (Å²) in [6.07, 6.45) is 3.69. The summed E-state index contributed by atoms with van der Waals surface area (Å²) in [5.74, 6) is 1.06. The maximum atomic E-state index is 5.89. The summed E-state index contributed by atoms with van der Waals surface area (Å²) >= 11 is 0. The summed E-state index contributed by atoms with van der Waals surface area (Å²) in [4.78, 5) is 9.00. The van der Waals surface area contributed by atoms with Crippen LogP contribution in [0.3, 0.4) is 0 Å². The van der Waals surface area contributed by atoms with E-state index >= 15 is 0 Å². The van der Waals surface area contributed by atoms with Crippen molar-refractivity contribution < 1.29 is 0 Å². The fourth-order valence-electron chi connectivity index (χ4n) is 2.55. The molecular formula is C17H20N4. The number of fused-ring (bicyclic) bond motifs is 1. The Bertz CT molecular complexity index is 767. The van der Waals surface area contributed by atoms with Crippen molar-refractivity contribution in [2.45, 2.75) is 32.7 Å². The van der Waals surface area contributed by atoms with E-state index in [1.807, 2.05) is 30.5 Å². The van der Waals surface area contributed by atoms with E-state index in [-0.39, 0.29) is 5.41 Å². The first-order chi connectivity index (χ1) is 9.95. The number of aromatic nitrogens is 3. The number of benzene rings is 1. The third-order valence-corrected chi connectivity index (χ3v) is 3.51. The molecule has 0 amide bonds. The van der Waals surface area contributed by atoms with Crippen LogP contribution >= 0.6 is 0 Å². The second-order valence-corrected chi connectivity index (χ2v) is 6.38. The average Bonchev–Trinajstić information content (AvgIpc) is 2.78. The lowest BCUT2D eigenvalue weighted by Crippen LogP contribution is -2.19. The topological polar surface area (TPSA) is 56.7 Å². The minimum atomic E-state index is -0.0318. The molecule has 21 heavy (non-hydrogen) atoms. The van der Waals surface area contributed by atoms with E-state index in [1.165, 1.54) is 5.56 Å². The molecule has 0 bridgehead atoms. The summed E-state index contributed by atoms with van der Waals surface area (Å²) in [6.45, 7) is 7.30. The van der Waals surface area contributed by atoms with Gasteiger partial charge in [-0.1, -0.05) is 26.8 Å². The molecule has 4 nitrogen and oxygen atoms in total. The van der Waals surface area contributed by atoms with Gasteiger partial charge in [-0.05, 0) is 29.8 Å². The highest BCUT2D eigenvalue weighted by molar-refractivity contribution is 5.80. The van der Waals surface area contributed by atoms with E-state index in [9.17, 15) is 0 Å². The highest BCUT2D eigenvalue weighted by Gasteiger charge is 2.23. The molecule has 0 spiro atoms. The van der Waals surface area contributed by atoms with E-state index < -0.39 is 0 Å². The lowest BCUT2D eigenvalue weighted by molar-refractivity contribution is 0.516. The number of imidazole rings is 1. The van der Waals surface area contributed by atoms with Gasteiger partial charge in [0.2, 0.25) is 0 Å². The molecule has 1 aromatic carbocycles. The van der Waals surface area contributed by atoms with E-state index in [2.05, 4.69) is 36.4 Å². The van der Waals surface area contributed by atoms with Gasteiger partial charge in [-0.15, -0.1) is 0 Å². The Kier molecular flexibility index (Phi) is 3.16. The molecule has 2 N–H and O–H groups in total. The van der Waals surface area contributed by atoms with Crippen molar-refractivity contribution in [1.29, 1.82) is 0 Å². The molecule has 0 unspecified atom stereocenters. The molecule has 0 saturated heterocycles. The van der Waals surface area contributed by atoms with Gasteiger partial charge in [0.25, 0.3) is 0 Å². The Labute approximate surface area is 124 Å². The maximum absolute atomic E-state index is 5.89. The van der Waals surface area contributed by atoms with E-state index in [0.29, 0.717) is 0 Å². The SMILES string of the molecule is CC(C)(C)c1nc2cc(N)ccc2n1Cc1cccnc1. The smallest absolute Gasteiger partial charge is 0.115 e. The van der Waals surface area contributed by atoms with Crippen molar-refractivity contribution in [2.24, 2.45) is 0 Å². The molecular weight excluding hydrogens is 260 g/mol. The maximum Gasteiger partial charge on any atom is 0.115 e. The molecule has 2 aromatic heterocycles. The molecule has 0 aliphatic heterocycles. The van der Waals surface area contributed by atoms with Gasteiger partial charge in [0.15, 0.2) is 0 Å². The monoisotopic (exact) mass is 280 g/mol. The molecule has 0 fully saturated rings. The first-order valence-corrected chi connectivity index (χ1v) is 7.10. The number of nitrogen functional groups attached to an aromatic ring is 1. The zero-order valence-corrected chi connectivity index (χ0v) is 12.7. The zero-order chi connectivity index (χ0) is 15.0. The molecule has 3 rings (SSSR count). The Morgan fingerprint density at radius 3 is 2.67 bits per heavy atom. The summed E-state index contributed by atoms with van der Waals surface area (Å²) in [5.41, 5.74) is 9.82. The quantitative estimate of drug-likeness (QED) is 0.732. The summed E-state index contributed by atoms with van der Waals surface area (Å²) in [7, 11) is 0. The molecule has 0 atom stereocenters. The van der Waals surface area contributed by atoms with Crippen LogP contribution in [0.2, 0.25) is 0 Å². The first kappa shape index (κ1) is 13.6. The number of pyridine rings is 1. The van der Waals surface area contributed by atoms with Crippen molar-refractivity contribution in [3.63, 3.8) is 0 Å². The molecule has 4 heteroatoms. The standard InChI is InChI=1S/C17H20N4/c1-17(2,3)16-20-14-9-13(18)6-7-15(14)21(16)11-12-5-4-8-19-10-12/h4-10H,11,18H2,1-3H3. The van der Waals surface area contributed by atoms with Gasteiger partial charge in [-0.3, -0.25) is 4.98 Å². The largest absolute Gasteiger partial charge is 0.399 e. The van der Waals surface area contributed by atoms with Crippen molar-refractivity contribution in [3.05, 3.63) is 54.1 Å². The van der Waals surface area contributed by atoms with Gasteiger partial charge in [0.05, 0.1) is 17.6 Å². The van der Waals surface area contributed by atoms with Crippen LogP contribution in [0.15, 0.2) is 42.7 Å². The van der Waals surface area contributed by atoms with Crippen molar-refractivity contribution in [1.82, 2.24) is 14.5 Å². The third-order valence-electron chi connectivity index (χ3n) is 3.51. The molecule has 0 aliphatic rings. The summed E-state index contributed by atoms with van der Waals surface area (Å²) < 4.78 is 2.26. The van der Waals surface area contributed by atoms with Gasteiger partial charge >= 0.3 is 0 Å². The van der Waals surface area contributed by atoms with Crippen LogP contribution in [0, 0.1) is 0 Å². The Hall–Kier alpha value is -2.36. The number of rotatable bonds is 2. The predicted octanol–water partition coefficient (Wildman–Crippen LogP) is 3.36. The van der Waals surface area contributed by atoms with Crippen LogP contribution < -0.4 is 5.73 Å². The van der Waals surface area contributed by atoms with Gasteiger partial charge in [-0.2, -0.15) is 0 Å². The van der Waals surface area contributed by atoms with Crippen LogP contribution in [0.5, 0.6) is 0 Å². The minimum Gasteiger partial charge on any atom is -0.399 e. The van der Waals surface area contributed by atoms with Crippen LogP contribution in [0.25, 0.3) is 11.0 Å². The van der Waals surface area contributed by atoms with Crippen molar-refractivity contribution >= 4 is 16.7 Å². The molecule has 2 heterocycles. The van der Waals surface area contributed by atoms with Gasteiger partial charge in [0, 0.05) is 23.5 Å². The number of hydrogen-bond donors (Lipinski definition) is 1. The fraction of sp³-hybridized carbons (Fsp3) is 0.294.